The third kappa shape index (κ3) is 1.00. The number of rotatable bonds is 2. The molecule has 3 heterocycles. The van der Waals surface area contributed by atoms with Crippen LogP contribution in [0.5, 0.6) is 0 Å². The first-order valence-electron chi connectivity index (χ1n) is 5.05. The molecule has 2 nitrogen and oxygen atoms in total. The molecule has 0 aromatic carbocycles. The fraction of sp³-hybridized carbons (Fsp3) is 0.800. The second kappa shape index (κ2) is 2.55. The van der Waals surface area contributed by atoms with Crippen LogP contribution in [0.25, 0.3) is 0 Å². The highest BCUT2D eigenvalue weighted by Crippen LogP contribution is 2.43. The van der Waals surface area contributed by atoms with Crippen molar-refractivity contribution in [2.75, 3.05) is 13.2 Å². The number of alkyl halides is 1. The molecule has 5 unspecified atom stereocenters. The van der Waals surface area contributed by atoms with Crippen molar-refractivity contribution >= 4 is 0 Å². The summed E-state index contributed by atoms with van der Waals surface area (Å²) in [6.45, 7) is 3.11. The summed E-state index contributed by atoms with van der Waals surface area (Å²) < 4.78 is 12.2. The smallest absolute Gasteiger partial charge is 0.105 e. The number of nitrogens with one attached hydrogen (secondary N) is 1. The van der Waals surface area contributed by atoms with Crippen molar-refractivity contribution in [3.8, 4) is 0 Å². The van der Waals surface area contributed by atoms with E-state index in [0.717, 1.165) is 13.0 Å². The molecule has 3 rings (SSSR count). The van der Waals surface area contributed by atoms with Crippen LogP contribution >= 0.6 is 0 Å². The summed E-state index contributed by atoms with van der Waals surface area (Å²) >= 11 is 0. The maximum atomic E-state index is 12.2. The maximum absolute atomic E-state index is 12.2. The van der Waals surface area contributed by atoms with Crippen LogP contribution in [0.4, 0.5) is 4.39 Å². The molecule has 0 amide bonds. The molecule has 3 heteroatoms. The van der Waals surface area contributed by atoms with E-state index >= 15 is 0 Å². The fourth-order valence-corrected chi connectivity index (χ4v) is 2.81. The third-order valence-electron chi connectivity index (χ3n) is 3.65. The lowest BCUT2D eigenvalue weighted by molar-refractivity contribution is 0.202. The fourth-order valence-electron chi connectivity index (χ4n) is 2.81. The predicted molar refractivity (Wildman–Crippen MR) is 49.3 cm³/mol. The van der Waals surface area contributed by atoms with Crippen molar-refractivity contribution < 1.29 is 4.39 Å². The Morgan fingerprint density at radius 3 is 3.00 bits per heavy atom. The molecule has 0 bridgehead atoms. The molecule has 2 saturated heterocycles. The third-order valence-corrected chi connectivity index (χ3v) is 3.65. The summed E-state index contributed by atoms with van der Waals surface area (Å²) in [6, 6.07) is 2.09. The Morgan fingerprint density at radius 1 is 1.69 bits per heavy atom. The van der Waals surface area contributed by atoms with Crippen molar-refractivity contribution in [2.45, 2.75) is 37.5 Å². The van der Waals surface area contributed by atoms with Gasteiger partial charge < -0.3 is 5.32 Å². The van der Waals surface area contributed by atoms with E-state index in [-0.39, 0.29) is 12.7 Å². The van der Waals surface area contributed by atoms with Gasteiger partial charge >= 0.3 is 0 Å². The van der Waals surface area contributed by atoms with Crippen molar-refractivity contribution in [1.82, 2.24) is 10.2 Å². The highest BCUT2D eigenvalue weighted by molar-refractivity contribution is 5.32. The molecule has 0 aliphatic carbocycles. The number of hydrogen-bond donors (Lipinski definition) is 1. The Bertz CT molecular complexity index is 258. The quantitative estimate of drug-likeness (QED) is 0.499. The lowest BCUT2D eigenvalue weighted by atomic mass is 9.92. The van der Waals surface area contributed by atoms with E-state index in [4.69, 9.17) is 0 Å². The lowest BCUT2D eigenvalue weighted by Gasteiger charge is -2.36. The summed E-state index contributed by atoms with van der Waals surface area (Å²) in [6.07, 6.45) is 3.33. The van der Waals surface area contributed by atoms with Gasteiger partial charge in [0.15, 0.2) is 0 Å². The number of fused-ring (bicyclic) bond motifs is 1. The van der Waals surface area contributed by atoms with Crippen LogP contribution < -0.4 is 5.32 Å². The van der Waals surface area contributed by atoms with Crippen LogP contribution in [-0.2, 0) is 0 Å². The van der Waals surface area contributed by atoms with E-state index in [2.05, 4.69) is 23.2 Å². The zero-order chi connectivity index (χ0) is 9.00. The van der Waals surface area contributed by atoms with E-state index in [1.807, 2.05) is 0 Å². The minimum atomic E-state index is -0.206. The van der Waals surface area contributed by atoms with Gasteiger partial charge in [0.05, 0.1) is 0 Å². The summed E-state index contributed by atoms with van der Waals surface area (Å²) in [4.78, 5) is 2.49. The molecule has 2 fully saturated rings. The SMILES string of the molecule is CC1=CCN2C1C2C1CC(CF)N1. The van der Waals surface area contributed by atoms with Crippen LogP contribution in [-0.4, -0.2) is 42.3 Å². The van der Waals surface area contributed by atoms with E-state index in [1.54, 1.807) is 0 Å². The van der Waals surface area contributed by atoms with Crippen LogP contribution in [0.3, 0.4) is 0 Å². The summed E-state index contributed by atoms with van der Waals surface area (Å²) in [5, 5.41) is 3.30. The van der Waals surface area contributed by atoms with Gasteiger partial charge in [0.2, 0.25) is 0 Å². The highest BCUT2D eigenvalue weighted by Gasteiger charge is 2.56. The predicted octanol–water partition coefficient (Wildman–Crippen LogP) is 0.699. The molecule has 0 aromatic rings. The summed E-state index contributed by atoms with van der Waals surface area (Å²) in [5.74, 6) is 0. The molecule has 1 N–H and O–H groups in total. The summed E-state index contributed by atoms with van der Waals surface area (Å²) in [7, 11) is 0. The van der Waals surface area contributed by atoms with Crippen molar-refractivity contribution in [1.29, 1.82) is 0 Å². The molecule has 0 aromatic heterocycles. The van der Waals surface area contributed by atoms with Crippen molar-refractivity contribution in [3.63, 3.8) is 0 Å². The summed E-state index contributed by atoms with van der Waals surface area (Å²) in [5.41, 5.74) is 1.51. The van der Waals surface area contributed by atoms with Gasteiger partial charge in [-0.3, -0.25) is 4.90 Å². The zero-order valence-corrected chi connectivity index (χ0v) is 7.83. The van der Waals surface area contributed by atoms with Gasteiger partial charge in [0, 0.05) is 30.7 Å². The van der Waals surface area contributed by atoms with E-state index < -0.39 is 0 Å². The number of hydrogen-bond acceptors (Lipinski definition) is 2. The Kier molecular flexibility index (Phi) is 1.56. The first-order valence-corrected chi connectivity index (χ1v) is 5.05. The average molecular weight is 182 g/mol. The Balaban J connectivity index is 1.58. The molecular formula is C10H15FN2. The van der Waals surface area contributed by atoms with Gasteiger partial charge in [-0.05, 0) is 13.3 Å². The van der Waals surface area contributed by atoms with E-state index in [1.165, 1.54) is 5.57 Å². The molecule has 0 spiro atoms. The van der Waals surface area contributed by atoms with Gasteiger partial charge in [-0.25, -0.2) is 4.39 Å². The van der Waals surface area contributed by atoms with Crippen molar-refractivity contribution in [2.24, 2.45) is 0 Å². The van der Waals surface area contributed by atoms with Crippen LogP contribution in [0.1, 0.15) is 13.3 Å². The van der Waals surface area contributed by atoms with Crippen LogP contribution in [0, 0.1) is 0 Å². The highest BCUT2D eigenvalue weighted by atomic mass is 19.1. The van der Waals surface area contributed by atoms with Gasteiger partial charge in [-0.1, -0.05) is 11.6 Å². The maximum Gasteiger partial charge on any atom is 0.105 e. The van der Waals surface area contributed by atoms with Gasteiger partial charge in [0.25, 0.3) is 0 Å². The van der Waals surface area contributed by atoms with Crippen molar-refractivity contribution in [3.05, 3.63) is 11.6 Å². The normalized spacial score (nSPS) is 52.5. The molecule has 72 valence electrons. The zero-order valence-electron chi connectivity index (χ0n) is 7.83. The molecule has 5 atom stereocenters. The Labute approximate surface area is 77.8 Å². The van der Waals surface area contributed by atoms with Gasteiger partial charge in [-0.2, -0.15) is 0 Å². The standard InChI is InChI=1S/C10H15FN2/c1-6-2-3-13-9(6)10(13)8-4-7(5-11)12-8/h2,7-10,12H,3-5H2,1H3. The van der Waals surface area contributed by atoms with Gasteiger partial charge in [-0.15, -0.1) is 0 Å². The average Bonchev–Trinajstić information content (AvgIpc) is 2.61. The van der Waals surface area contributed by atoms with Crippen LogP contribution in [0.15, 0.2) is 11.6 Å². The first kappa shape index (κ1) is 7.94. The van der Waals surface area contributed by atoms with Gasteiger partial charge in [0.1, 0.15) is 6.67 Å². The monoisotopic (exact) mass is 182 g/mol. The minimum absolute atomic E-state index is 0.150. The van der Waals surface area contributed by atoms with E-state index in [0.29, 0.717) is 18.1 Å². The number of halogens is 1. The largest absolute Gasteiger partial charge is 0.307 e. The van der Waals surface area contributed by atoms with E-state index in [9.17, 15) is 4.39 Å². The molecule has 0 saturated carbocycles. The Hall–Kier alpha value is -0.410. The molecule has 0 radical (unpaired) electrons. The molecular weight excluding hydrogens is 167 g/mol. The molecule has 3 aliphatic rings. The lowest BCUT2D eigenvalue weighted by Crippen LogP contribution is -2.57. The minimum Gasteiger partial charge on any atom is -0.307 e. The molecule has 3 aliphatic heterocycles. The second-order valence-corrected chi connectivity index (χ2v) is 4.44. The second-order valence-electron chi connectivity index (χ2n) is 4.44. The van der Waals surface area contributed by atoms with Crippen LogP contribution in [0.2, 0.25) is 0 Å². The number of nitrogens with zero attached hydrogens (tertiary/aromatic N) is 1. The molecule has 13 heavy (non-hydrogen) atoms. The first-order chi connectivity index (χ1) is 6.31. The Morgan fingerprint density at radius 2 is 2.46 bits per heavy atom. The topological polar surface area (TPSA) is 15.0 Å².